The highest BCUT2D eigenvalue weighted by molar-refractivity contribution is 5.23. The van der Waals surface area contributed by atoms with Gasteiger partial charge in [0.1, 0.15) is 11.5 Å². The van der Waals surface area contributed by atoms with E-state index in [0.717, 1.165) is 31.3 Å². The van der Waals surface area contributed by atoms with Crippen LogP contribution in [-0.2, 0) is 4.74 Å². The lowest BCUT2D eigenvalue weighted by Crippen LogP contribution is -2.47. The number of nitrogens with one attached hydrogen (secondary N) is 1. The molecule has 0 aliphatic carbocycles. The van der Waals surface area contributed by atoms with E-state index < -0.39 is 0 Å². The number of rotatable bonds is 4. The summed E-state index contributed by atoms with van der Waals surface area (Å²) in [5.41, 5.74) is 1.59. The molecule has 1 saturated heterocycles. The fourth-order valence-corrected chi connectivity index (χ4v) is 2.14. The normalized spacial score (nSPS) is 20.5. The molecule has 16 heavy (non-hydrogen) atoms. The largest absolute Gasteiger partial charge is 0.466 e. The van der Waals surface area contributed by atoms with Gasteiger partial charge in [0, 0.05) is 23.6 Å². The highest BCUT2D eigenvalue weighted by atomic mass is 16.5. The Hall–Kier alpha value is -0.800. The highest BCUT2D eigenvalue weighted by Gasteiger charge is 2.33. The Morgan fingerprint density at radius 2 is 2.12 bits per heavy atom. The minimum atomic E-state index is 0.320. The zero-order valence-electron chi connectivity index (χ0n) is 10.6. The van der Waals surface area contributed by atoms with E-state index in [2.05, 4.69) is 25.2 Å². The molecule has 90 valence electrons. The van der Waals surface area contributed by atoms with Gasteiger partial charge in [-0.05, 0) is 26.8 Å². The first-order valence-electron chi connectivity index (χ1n) is 5.88. The van der Waals surface area contributed by atoms with Gasteiger partial charge in [0.15, 0.2) is 0 Å². The maximum atomic E-state index is 5.54. The molecule has 1 aliphatic rings. The van der Waals surface area contributed by atoms with Gasteiger partial charge in [-0.25, -0.2) is 0 Å². The number of ether oxygens (including phenoxy) is 1. The Bertz CT molecular complexity index is 366. The molecule has 1 fully saturated rings. The molecule has 0 saturated carbocycles. The summed E-state index contributed by atoms with van der Waals surface area (Å²) < 4.78 is 10.8. The molecular weight excluding hydrogens is 202 g/mol. The van der Waals surface area contributed by atoms with Crippen LogP contribution in [0.1, 0.15) is 37.0 Å². The van der Waals surface area contributed by atoms with Crippen LogP contribution in [0.15, 0.2) is 10.5 Å². The Morgan fingerprint density at radius 1 is 1.44 bits per heavy atom. The quantitative estimate of drug-likeness (QED) is 0.852. The highest BCUT2D eigenvalue weighted by Crippen LogP contribution is 2.27. The molecule has 1 N–H and O–H groups in total. The van der Waals surface area contributed by atoms with Gasteiger partial charge in [0.25, 0.3) is 0 Å². The van der Waals surface area contributed by atoms with Crippen molar-refractivity contribution in [1.82, 2.24) is 5.32 Å². The average molecular weight is 223 g/mol. The summed E-state index contributed by atoms with van der Waals surface area (Å²) in [5.74, 6) is 2.01. The van der Waals surface area contributed by atoms with Crippen molar-refractivity contribution in [3.63, 3.8) is 0 Å². The Kier molecular flexibility index (Phi) is 3.08. The Labute approximate surface area is 97.2 Å². The number of hydrogen-bond donors (Lipinski definition) is 1. The Balaban J connectivity index is 1.92. The average Bonchev–Trinajstić information content (AvgIpc) is 2.51. The smallest absolute Gasteiger partial charge is 0.105 e. The van der Waals surface area contributed by atoms with E-state index in [1.165, 1.54) is 5.56 Å². The van der Waals surface area contributed by atoms with Crippen LogP contribution in [0, 0.1) is 19.3 Å². The van der Waals surface area contributed by atoms with Gasteiger partial charge in [0.2, 0.25) is 0 Å². The van der Waals surface area contributed by atoms with Crippen LogP contribution in [0.4, 0.5) is 0 Å². The number of aryl methyl sites for hydroxylation is 2. The lowest BCUT2D eigenvalue weighted by atomic mass is 9.88. The lowest BCUT2D eigenvalue weighted by Gasteiger charge is -2.39. The maximum absolute atomic E-state index is 5.54. The molecule has 1 aromatic rings. The van der Waals surface area contributed by atoms with Gasteiger partial charge in [-0.15, -0.1) is 0 Å². The molecule has 2 heterocycles. The number of hydrogen-bond acceptors (Lipinski definition) is 3. The summed E-state index contributed by atoms with van der Waals surface area (Å²) in [6.45, 7) is 11.2. The second-order valence-corrected chi connectivity index (χ2v) is 5.27. The van der Waals surface area contributed by atoms with Crippen LogP contribution in [0.5, 0.6) is 0 Å². The van der Waals surface area contributed by atoms with Gasteiger partial charge in [-0.1, -0.05) is 6.92 Å². The molecule has 1 unspecified atom stereocenters. The topological polar surface area (TPSA) is 34.4 Å². The van der Waals surface area contributed by atoms with Crippen molar-refractivity contribution < 1.29 is 9.15 Å². The summed E-state index contributed by atoms with van der Waals surface area (Å²) in [6, 6.07) is 2.46. The molecular formula is C13H21NO2. The first kappa shape index (κ1) is 11.7. The van der Waals surface area contributed by atoms with E-state index in [9.17, 15) is 0 Å². The molecule has 0 amide bonds. The monoisotopic (exact) mass is 223 g/mol. The molecule has 3 nitrogen and oxygen atoms in total. The molecule has 0 radical (unpaired) electrons. The van der Waals surface area contributed by atoms with E-state index >= 15 is 0 Å². The van der Waals surface area contributed by atoms with Gasteiger partial charge in [-0.2, -0.15) is 0 Å². The second kappa shape index (κ2) is 4.22. The van der Waals surface area contributed by atoms with Crippen LogP contribution in [0.2, 0.25) is 0 Å². The van der Waals surface area contributed by atoms with Crippen molar-refractivity contribution in [2.75, 3.05) is 19.8 Å². The third-order valence-corrected chi connectivity index (χ3v) is 3.28. The zero-order valence-corrected chi connectivity index (χ0v) is 10.6. The maximum Gasteiger partial charge on any atom is 0.105 e. The summed E-state index contributed by atoms with van der Waals surface area (Å²) in [7, 11) is 0. The van der Waals surface area contributed by atoms with Crippen molar-refractivity contribution >= 4 is 0 Å². The van der Waals surface area contributed by atoms with Crippen molar-refractivity contribution in [2.24, 2.45) is 5.41 Å². The second-order valence-electron chi connectivity index (χ2n) is 5.27. The fraction of sp³-hybridized carbons (Fsp3) is 0.692. The van der Waals surface area contributed by atoms with Crippen molar-refractivity contribution in [3.05, 3.63) is 23.2 Å². The van der Waals surface area contributed by atoms with Crippen LogP contribution in [0.25, 0.3) is 0 Å². The molecule has 1 aromatic heterocycles. The van der Waals surface area contributed by atoms with Gasteiger partial charge in [0.05, 0.1) is 13.2 Å². The lowest BCUT2D eigenvalue weighted by molar-refractivity contribution is -0.0999. The van der Waals surface area contributed by atoms with Crippen molar-refractivity contribution in [3.8, 4) is 0 Å². The SMILES string of the molecule is Cc1cc(C(C)NCC2(C)COC2)c(C)o1. The van der Waals surface area contributed by atoms with E-state index in [4.69, 9.17) is 9.15 Å². The van der Waals surface area contributed by atoms with E-state index in [0.29, 0.717) is 11.5 Å². The minimum Gasteiger partial charge on any atom is -0.466 e. The van der Waals surface area contributed by atoms with Gasteiger partial charge >= 0.3 is 0 Å². The number of furan rings is 1. The predicted molar refractivity (Wildman–Crippen MR) is 63.5 cm³/mol. The summed E-state index contributed by atoms with van der Waals surface area (Å²) in [6.07, 6.45) is 0. The fourth-order valence-electron chi connectivity index (χ4n) is 2.14. The van der Waals surface area contributed by atoms with E-state index in [1.807, 2.05) is 13.8 Å². The predicted octanol–water partition coefficient (Wildman–Crippen LogP) is 2.58. The van der Waals surface area contributed by atoms with E-state index in [1.54, 1.807) is 0 Å². The molecule has 3 heteroatoms. The molecule has 2 rings (SSSR count). The molecule has 0 spiro atoms. The van der Waals surface area contributed by atoms with Gasteiger partial charge in [-0.3, -0.25) is 0 Å². The molecule has 1 aliphatic heterocycles. The summed E-state index contributed by atoms with van der Waals surface area (Å²) in [4.78, 5) is 0. The third kappa shape index (κ3) is 2.30. The van der Waals surface area contributed by atoms with Crippen LogP contribution in [0.3, 0.4) is 0 Å². The van der Waals surface area contributed by atoms with Crippen LogP contribution >= 0.6 is 0 Å². The molecule has 1 atom stereocenters. The minimum absolute atomic E-state index is 0.320. The van der Waals surface area contributed by atoms with Crippen LogP contribution < -0.4 is 5.32 Å². The third-order valence-electron chi connectivity index (χ3n) is 3.28. The van der Waals surface area contributed by atoms with E-state index in [-0.39, 0.29) is 0 Å². The summed E-state index contributed by atoms with van der Waals surface area (Å²) >= 11 is 0. The summed E-state index contributed by atoms with van der Waals surface area (Å²) in [5, 5.41) is 3.56. The first-order valence-corrected chi connectivity index (χ1v) is 5.88. The van der Waals surface area contributed by atoms with Crippen molar-refractivity contribution in [1.29, 1.82) is 0 Å². The first-order chi connectivity index (χ1) is 7.50. The zero-order chi connectivity index (χ0) is 11.8. The molecule has 0 bridgehead atoms. The van der Waals surface area contributed by atoms with Crippen LogP contribution in [-0.4, -0.2) is 19.8 Å². The van der Waals surface area contributed by atoms with Gasteiger partial charge < -0.3 is 14.5 Å². The standard InChI is InChI=1S/C13H21NO2/c1-9-5-12(11(3)16-9)10(2)14-6-13(4)7-15-8-13/h5,10,14H,6-8H2,1-4H3. The van der Waals surface area contributed by atoms with Crippen molar-refractivity contribution in [2.45, 2.75) is 33.7 Å². The Morgan fingerprint density at radius 3 is 2.56 bits per heavy atom. The molecule has 0 aromatic carbocycles.